The molecule has 0 aromatic carbocycles. The largest absolute Gasteiger partial charge is 0.381 e. The third kappa shape index (κ3) is 3.02. The number of rotatable bonds is 5. The summed E-state index contributed by atoms with van der Waals surface area (Å²) in [6, 6.07) is 0. The van der Waals surface area contributed by atoms with Crippen LogP contribution in [-0.2, 0) is 11.2 Å². The molecule has 2 heterocycles. The van der Waals surface area contributed by atoms with Crippen molar-refractivity contribution < 1.29 is 9.26 Å². The summed E-state index contributed by atoms with van der Waals surface area (Å²) in [6.07, 6.45) is 2.82. The van der Waals surface area contributed by atoms with Gasteiger partial charge in [0, 0.05) is 32.1 Å². The number of likely N-dealkylation sites (N-methyl/N-ethyl adjacent to an activating group) is 1. The van der Waals surface area contributed by atoms with Crippen LogP contribution < -0.4 is 5.32 Å². The Labute approximate surface area is 95.6 Å². The number of nitrogens with zero attached hydrogens (tertiary/aromatic N) is 2. The van der Waals surface area contributed by atoms with Gasteiger partial charge in [0.05, 0.1) is 0 Å². The van der Waals surface area contributed by atoms with Gasteiger partial charge in [-0.15, -0.1) is 0 Å². The summed E-state index contributed by atoms with van der Waals surface area (Å²) in [4.78, 5) is 4.43. The Morgan fingerprint density at radius 3 is 2.94 bits per heavy atom. The van der Waals surface area contributed by atoms with E-state index >= 15 is 0 Å². The SMILES string of the molecule is CCNCCc1nc(C2CCOCC2)no1. The van der Waals surface area contributed by atoms with Crippen LogP contribution in [0.15, 0.2) is 4.52 Å². The maximum absolute atomic E-state index is 5.31. The van der Waals surface area contributed by atoms with E-state index in [0.29, 0.717) is 5.92 Å². The first-order valence-corrected chi connectivity index (χ1v) is 6.01. The molecule has 1 N–H and O–H groups in total. The monoisotopic (exact) mass is 225 g/mol. The van der Waals surface area contributed by atoms with E-state index in [1.54, 1.807) is 0 Å². The molecule has 1 aromatic heterocycles. The zero-order valence-electron chi connectivity index (χ0n) is 9.74. The first-order chi connectivity index (χ1) is 7.90. The molecule has 1 saturated heterocycles. The van der Waals surface area contributed by atoms with Gasteiger partial charge in [0.2, 0.25) is 5.89 Å². The molecule has 0 unspecified atom stereocenters. The molecule has 1 aliphatic heterocycles. The minimum atomic E-state index is 0.422. The zero-order valence-corrected chi connectivity index (χ0v) is 9.74. The summed E-state index contributed by atoms with van der Waals surface area (Å²) >= 11 is 0. The van der Waals surface area contributed by atoms with Crippen molar-refractivity contribution in [3.05, 3.63) is 11.7 Å². The third-order valence-electron chi connectivity index (χ3n) is 2.84. The van der Waals surface area contributed by atoms with E-state index < -0.39 is 0 Å². The van der Waals surface area contributed by atoms with E-state index in [4.69, 9.17) is 9.26 Å². The van der Waals surface area contributed by atoms with Gasteiger partial charge in [-0.1, -0.05) is 12.1 Å². The number of hydrogen-bond donors (Lipinski definition) is 1. The smallest absolute Gasteiger partial charge is 0.227 e. The van der Waals surface area contributed by atoms with Gasteiger partial charge in [-0.25, -0.2) is 0 Å². The predicted molar refractivity (Wildman–Crippen MR) is 59.3 cm³/mol. The molecule has 0 aliphatic carbocycles. The fraction of sp³-hybridized carbons (Fsp3) is 0.818. The van der Waals surface area contributed by atoms with Crippen molar-refractivity contribution in [3.8, 4) is 0 Å². The average molecular weight is 225 g/mol. The molecule has 1 fully saturated rings. The maximum Gasteiger partial charge on any atom is 0.227 e. The molecule has 5 heteroatoms. The highest BCUT2D eigenvalue weighted by Gasteiger charge is 2.20. The topological polar surface area (TPSA) is 60.2 Å². The first kappa shape index (κ1) is 11.5. The molecule has 0 spiro atoms. The van der Waals surface area contributed by atoms with Crippen LogP contribution in [-0.4, -0.2) is 36.4 Å². The summed E-state index contributed by atoms with van der Waals surface area (Å²) in [7, 11) is 0. The lowest BCUT2D eigenvalue weighted by Gasteiger charge is -2.18. The van der Waals surface area contributed by atoms with Crippen molar-refractivity contribution in [1.29, 1.82) is 0 Å². The fourth-order valence-electron chi connectivity index (χ4n) is 1.86. The lowest BCUT2D eigenvalue weighted by atomic mass is 10.00. The minimum Gasteiger partial charge on any atom is -0.381 e. The summed E-state index contributed by atoms with van der Waals surface area (Å²) in [5.74, 6) is 2.02. The van der Waals surface area contributed by atoms with Crippen molar-refractivity contribution in [2.45, 2.75) is 32.1 Å². The molecule has 1 aromatic rings. The highest BCUT2D eigenvalue weighted by atomic mass is 16.5. The van der Waals surface area contributed by atoms with Gasteiger partial charge in [-0.05, 0) is 19.4 Å². The van der Waals surface area contributed by atoms with Gasteiger partial charge in [-0.3, -0.25) is 0 Å². The molecular formula is C11H19N3O2. The van der Waals surface area contributed by atoms with Crippen LogP contribution in [0.4, 0.5) is 0 Å². The maximum atomic E-state index is 5.31. The number of nitrogens with one attached hydrogen (secondary N) is 1. The van der Waals surface area contributed by atoms with E-state index in [9.17, 15) is 0 Å². The van der Waals surface area contributed by atoms with Crippen molar-refractivity contribution >= 4 is 0 Å². The molecule has 90 valence electrons. The van der Waals surface area contributed by atoms with E-state index in [-0.39, 0.29) is 0 Å². The van der Waals surface area contributed by atoms with Crippen LogP contribution in [0.5, 0.6) is 0 Å². The number of hydrogen-bond acceptors (Lipinski definition) is 5. The van der Waals surface area contributed by atoms with Crippen LogP contribution in [0.1, 0.15) is 37.4 Å². The standard InChI is InChI=1S/C11H19N3O2/c1-2-12-6-3-10-13-11(14-16-10)9-4-7-15-8-5-9/h9,12H,2-8H2,1H3. The Morgan fingerprint density at radius 1 is 1.38 bits per heavy atom. The molecule has 2 rings (SSSR count). The van der Waals surface area contributed by atoms with Crippen LogP contribution in [0.2, 0.25) is 0 Å². The first-order valence-electron chi connectivity index (χ1n) is 6.01. The van der Waals surface area contributed by atoms with Crippen LogP contribution >= 0.6 is 0 Å². The second-order valence-electron chi connectivity index (χ2n) is 4.04. The van der Waals surface area contributed by atoms with Crippen molar-refractivity contribution in [1.82, 2.24) is 15.5 Å². The summed E-state index contributed by atoms with van der Waals surface area (Å²) in [5.41, 5.74) is 0. The molecule has 0 atom stereocenters. The Bertz CT molecular complexity index is 308. The minimum absolute atomic E-state index is 0.422. The molecule has 0 radical (unpaired) electrons. The second kappa shape index (κ2) is 5.96. The summed E-state index contributed by atoms with van der Waals surface area (Å²) in [6.45, 7) is 5.58. The van der Waals surface area contributed by atoms with E-state index in [1.165, 1.54) is 0 Å². The highest BCUT2D eigenvalue weighted by Crippen LogP contribution is 2.24. The van der Waals surface area contributed by atoms with Crippen LogP contribution in [0.3, 0.4) is 0 Å². The van der Waals surface area contributed by atoms with E-state index in [0.717, 1.165) is 57.3 Å². The quantitative estimate of drug-likeness (QED) is 0.761. The molecule has 1 aliphatic rings. The van der Waals surface area contributed by atoms with Gasteiger partial charge >= 0.3 is 0 Å². The lowest BCUT2D eigenvalue weighted by Crippen LogP contribution is -2.17. The number of aromatic nitrogens is 2. The molecule has 0 saturated carbocycles. The van der Waals surface area contributed by atoms with Crippen molar-refractivity contribution in [2.75, 3.05) is 26.3 Å². The Hall–Kier alpha value is -0.940. The predicted octanol–water partition coefficient (Wildman–Crippen LogP) is 1.12. The van der Waals surface area contributed by atoms with Gasteiger partial charge in [0.15, 0.2) is 5.82 Å². The Balaban J connectivity index is 1.85. The third-order valence-corrected chi connectivity index (χ3v) is 2.84. The molecule has 0 amide bonds. The molecular weight excluding hydrogens is 206 g/mol. The Morgan fingerprint density at radius 2 is 2.19 bits per heavy atom. The van der Waals surface area contributed by atoms with Crippen molar-refractivity contribution in [2.24, 2.45) is 0 Å². The second-order valence-corrected chi connectivity index (χ2v) is 4.04. The van der Waals surface area contributed by atoms with Gasteiger partial charge in [0.25, 0.3) is 0 Å². The summed E-state index contributed by atoms with van der Waals surface area (Å²) < 4.78 is 10.5. The molecule has 0 bridgehead atoms. The van der Waals surface area contributed by atoms with Crippen LogP contribution in [0.25, 0.3) is 0 Å². The number of ether oxygens (including phenoxy) is 1. The van der Waals surface area contributed by atoms with Gasteiger partial charge < -0.3 is 14.6 Å². The molecule has 5 nitrogen and oxygen atoms in total. The van der Waals surface area contributed by atoms with Gasteiger partial charge in [0.1, 0.15) is 0 Å². The van der Waals surface area contributed by atoms with Gasteiger partial charge in [-0.2, -0.15) is 4.98 Å². The normalized spacial score (nSPS) is 17.8. The molecule has 16 heavy (non-hydrogen) atoms. The lowest BCUT2D eigenvalue weighted by molar-refractivity contribution is 0.0830. The Kier molecular flexibility index (Phi) is 4.30. The van der Waals surface area contributed by atoms with Crippen molar-refractivity contribution in [3.63, 3.8) is 0 Å². The fourth-order valence-corrected chi connectivity index (χ4v) is 1.86. The van der Waals surface area contributed by atoms with Crippen LogP contribution in [0, 0.1) is 0 Å². The highest BCUT2D eigenvalue weighted by molar-refractivity contribution is 4.96. The average Bonchev–Trinajstić information content (AvgIpc) is 2.79. The summed E-state index contributed by atoms with van der Waals surface area (Å²) in [5, 5.41) is 7.29. The van der Waals surface area contributed by atoms with E-state index in [2.05, 4.69) is 22.4 Å². The zero-order chi connectivity index (χ0) is 11.2. The van der Waals surface area contributed by atoms with E-state index in [1.807, 2.05) is 0 Å².